The van der Waals surface area contributed by atoms with E-state index in [1.165, 1.54) is 27.6 Å². The standard InChI is InChI=1S/C29H38N4O2/c1-31-19-25(27-18-26(35-2)8-9-28(27)31)21-33-16-11-23(12-17-33)29(34)30-13-5-14-32-15-10-22-6-3-4-7-24(22)20-32/h3-4,6-9,18-19,23H,5,10-17,20-21H2,1-2H3,(H,30,34). The molecule has 2 aromatic carbocycles. The lowest BCUT2D eigenvalue weighted by Crippen LogP contribution is -2.41. The molecule has 6 heteroatoms. The number of fused-ring (bicyclic) bond motifs is 2. The van der Waals surface area contributed by atoms with Gasteiger partial charge in [-0.2, -0.15) is 0 Å². The van der Waals surface area contributed by atoms with E-state index in [2.05, 4.69) is 69.3 Å². The smallest absolute Gasteiger partial charge is 0.223 e. The summed E-state index contributed by atoms with van der Waals surface area (Å²) in [6, 6.07) is 15.0. The van der Waals surface area contributed by atoms with Crippen molar-refractivity contribution in [2.75, 3.05) is 39.8 Å². The molecule has 1 fully saturated rings. The molecule has 0 unspecified atom stereocenters. The van der Waals surface area contributed by atoms with Gasteiger partial charge < -0.3 is 14.6 Å². The summed E-state index contributed by atoms with van der Waals surface area (Å²) < 4.78 is 7.62. The van der Waals surface area contributed by atoms with Crippen molar-refractivity contribution in [3.63, 3.8) is 0 Å². The number of nitrogens with zero attached hydrogens (tertiary/aromatic N) is 3. The number of hydrogen-bond acceptors (Lipinski definition) is 4. The Balaban J connectivity index is 1.04. The van der Waals surface area contributed by atoms with E-state index >= 15 is 0 Å². The maximum Gasteiger partial charge on any atom is 0.223 e. The second kappa shape index (κ2) is 10.8. The summed E-state index contributed by atoms with van der Waals surface area (Å²) in [4.78, 5) is 17.8. The van der Waals surface area contributed by atoms with E-state index in [0.717, 1.165) is 77.2 Å². The molecule has 6 nitrogen and oxygen atoms in total. The molecule has 0 aliphatic carbocycles. The van der Waals surface area contributed by atoms with Gasteiger partial charge in [-0.15, -0.1) is 0 Å². The van der Waals surface area contributed by atoms with Crippen LogP contribution in [-0.2, 0) is 31.4 Å². The fraction of sp³-hybridized carbons (Fsp3) is 0.483. The zero-order chi connectivity index (χ0) is 24.2. The lowest BCUT2D eigenvalue weighted by Gasteiger charge is -2.31. The predicted octanol–water partition coefficient (Wildman–Crippen LogP) is 3.96. The first kappa shape index (κ1) is 23.9. The third-order valence-corrected chi connectivity index (χ3v) is 7.79. The van der Waals surface area contributed by atoms with Crippen molar-refractivity contribution < 1.29 is 9.53 Å². The topological polar surface area (TPSA) is 49.7 Å². The van der Waals surface area contributed by atoms with Crippen LogP contribution in [0.15, 0.2) is 48.7 Å². The molecule has 2 aliphatic heterocycles. The van der Waals surface area contributed by atoms with Gasteiger partial charge in [0.05, 0.1) is 7.11 Å². The van der Waals surface area contributed by atoms with E-state index < -0.39 is 0 Å². The van der Waals surface area contributed by atoms with Crippen LogP contribution >= 0.6 is 0 Å². The van der Waals surface area contributed by atoms with Gasteiger partial charge in [-0.3, -0.25) is 14.6 Å². The Morgan fingerprint density at radius 3 is 2.66 bits per heavy atom. The molecule has 0 saturated carbocycles. The minimum atomic E-state index is 0.140. The minimum absolute atomic E-state index is 0.140. The fourth-order valence-corrected chi connectivity index (χ4v) is 5.70. The number of aryl methyl sites for hydroxylation is 1. The van der Waals surface area contributed by atoms with Gasteiger partial charge in [0.25, 0.3) is 0 Å². The Labute approximate surface area is 208 Å². The van der Waals surface area contributed by atoms with Crippen LogP contribution in [0.1, 0.15) is 36.0 Å². The van der Waals surface area contributed by atoms with Crippen molar-refractivity contribution in [1.82, 2.24) is 19.7 Å². The van der Waals surface area contributed by atoms with Crippen molar-refractivity contribution in [2.45, 2.75) is 38.8 Å². The van der Waals surface area contributed by atoms with Crippen LogP contribution < -0.4 is 10.1 Å². The first-order chi connectivity index (χ1) is 17.1. The number of carbonyl (C=O) groups excluding carboxylic acids is 1. The summed E-state index contributed by atoms with van der Waals surface area (Å²) in [5.74, 6) is 1.27. The van der Waals surface area contributed by atoms with Gasteiger partial charge in [0, 0.05) is 62.8 Å². The monoisotopic (exact) mass is 474 g/mol. The van der Waals surface area contributed by atoms with Crippen molar-refractivity contribution >= 4 is 16.8 Å². The molecule has 186 valence electrons. The van der Waals surface area contributed by atoms with Gasteiger partial charge in [0.1, 0.15) is 5.75 Å². The lowest BCUT2D eigenvalue weighted by atomic mass is 9.95. The highest BCUT2D eigenvalue weighted by Crippen LogP contribution is 2.28. The number of methoxy groups -OCH3 is 1. The maximum absolute atomic E-state index is 12.8. The maximum atomic E-state index is 12.8. The SMILES string of the molecule is COc1ccc2c(c1)c(CN1CCC(C(=O)NCCCN3CCc4ccccc4C3)CC1)cn2C. The molecule has 0 bridgehead atoms. The van der Waals surface area contributed by atoms with E-state index in [1.807, 2.05) is 6.07 Å². The average Bonchev–Trinajstić information content (AvgIpc) is 3.20. The predicted molar refractivity (Wildman–Crippen MR) is 141 cm³/mol. The second-order valence-electron chi connectivity index (χ2n) is 10.1. The molecule has 0 radical (unpaired) electrons. The number of hydrogen-bond donors (Lipinski definition) is 1. The number of piperidine rings is 1. The van der Waals surface area contributed by atoms with Gasteiger partial charge in [-0.1, -0.05) is 24.3 Å². The van der Waals surface area contributed by atoms with E-state index in [4.69, 9.17) is 4.74 Å². The van der Waals surface area contributed by atoms with Crippen LogP contribution in [0.5, 0.6) is 5.75 Å². The van der Waals surface area contributed by atoms with E-state index in [-0.39, 0.29) is 11.8 Å². The number of nitrogens with one attached hydrogen (secondary N) is 1. The van der Waals surface area contributed by atoms with Gasteiger partial charge in [0.15, 0.2) is 0 Å². The molecule has 3 aromatic rings. The second-order valence-corrected chi connectivity index (χ2v) is 10.1. The third-order valence-electron chi connectivity index (χ3n) is 7.79. The Kier molecular flexibility index (Phi) is 7.40. The Bertz CT molecular complexity index is 1160. The molecule has 0 spiro atoms. The Morgan fingerprint density at radius 2 is 1.86 bits per heavy atom. The highest BCUT2D eigenvalue weighted by atomic mass is 16.5. The zero-order valence-corrected chi connectivity index (χ0v) is 21.1. The number of carbonyl (C=O) groups is 1. The zero-order valence-electron chi connectivity index (χ0n) is 21.1. The van der Waals surface area contributed by atoms with E-state index in [0.29, 0.717) is 0 Å². The Morgan fingerprint density at radius 1 is 1.06 bits per heavy atom. The number of benzene rings is 2. The normalized spacial score (nSPS) is 17.4. The van der Waals surface area contributed by atoms with Gasteiger partial charge in [0.2, 0.25) is 5.91 Å². The third kappa shape index (κ3) is 5.54. The van der Waals surface area contributed by atoms with Gasteiger partial charge in [-0.05, 0) is 73.7 Å². The van der Waals surface area contributed by atoms with E-state index in [9.17, 15) is 4.79 Å². The molecule has 2 aliphatic rings. The van der Waals surface area contributed by atoms with Gasteiger partial charge >= 0.3 is 0 Å². The van der Waals surface area contributed by atoms with Crippen LogP contribution in [0.3, 0.4) is 0 Å². The van der Waals surface area contributed by atoms with Crippen molar-refractivity contribution in [3.05, 3.63) is 65.4 Å². The van der Waals surface area contributed by atoms with Crippen LogP contribution in [0.25, 0.3) is 10.9 Å². The summed E-state index contributed by atoms with van der Waals surface area (Å²) >= 11 is 0. The highest BCUT2D eigenvalue weighted by molar-refractivity contribution is 5.85. The molecule has 1 aromatic heterocycles. The van der Waals surface area contributed by atoms with Crippen LogP contribution in [-0.4, -0.2) is 60.1 Å². The van der Waals surface area contributed by atoms with Gasteiger partial charge in [-0.25, -0.2) is 0 Å². The number of ether oxygens (including phenoxy) is 1. The summed E-state index contributed by atoms with van der Waals surface area (Å²) in [7, 11) is 3.81. The number of aromatic nitrogens is 1. The van der Waals surface area contributed by atoms with Crippen LogP contribution in [0, 0.1) is 5.92 Å². The lowest BCUT2D eigenvalue weighted by molar-refractivity contribution is -0.126. The summed E-state index contributed by atoms with van der Waals surface area (Å²) in [5.41, 5.74) is 5.49. The molecular weight excluding hydrogens is 436 g/mol. The first-order valence-electron chi connectivity index (χ1n) is 13.0. The fourth-order valence-electron chi connectivity index (χ4n) is 5.70. The Hall–Kier alpha value is -2.83. The quantitative estimate of drug-likeness (QED) is 0.502. The molecule has 5 rings (SSSR count). The summed E-state index contributed by atoms with van der Waals surface area (Å²) in [6.45, 7) is 6.81. The number of likely N-dealkylation sites (tertiary alicyclic amines) is 1. The van der Waals surface area contributed by atoms with Crippen LogP contribution in [0.4, 0.5) is 0 Å². The van der Waals surface area contributed by atoms with E-state index in [1.54, 1.807) is 7.11 Å². The van der Waals surface area contributed by atoms with Crippen molar-refractivity contribution in [2.24, 2.45) is 13.0 Å². The summed E-state index contributed by atoms with van der Waals surface area (Å²) in [5, 5.41) is 4.47. The number of amides is 1. The average molecular weight is 475 g/mol. The minimum Gasteiger partial charge on any atom is -0.497 e. The van der Waals surface area contributed by atoms with Crippen LogP contribution in [0.2, 0.25) is 0 Å². The summed E-state index contributed by atoms with van der Waals surface area (Å²) in [6.07, 6.45) is 6.24. The highest BCUT2D eigenvalue weighted by Gasteiger charge is 2.25. The molecule has 1 N–H and O–H groups in total. The largest absolute Gasteiger partial charge is 0.497 e. The molecule has 35 heavy (non-hydrogen) atoms. The first-order valence-corrected chi connectivity index (χ1v) is 13.0. The molecular formula is C29H38N4O2. The molecule has 0 atom stereocenters. The number of rotatable bonds is 8. The molecule has 3 heterocycles. The van der Waals surface area contributed by atoms with Crippen molar-refractivity contribution in [3.8, 4) is 5.75 Å². The molecule has 1 amide bonds. The molecule has 1 saturated heterocycles. The van der Waals surface area contributed by atoms with Crippen molar-refractivity contribution in [1.29, 1.82) is 0 Å².